The lowest BCUT2D eigenvalue weighted by atomic mass is 10.4. The molecule has 1 N–H and O–H groups in total. The number of carbonyl (C=O) groups excluding carboxylic acids is 1. The molecule has 0 aromatic carbocycles. The van der Waals surface area contributed by atoms with Crippen LogP contribution in [0.4, 0.5) is 5.95 Å². The van der Waals surface area contributed by atoms with Crippen LogP contribution in [0.2, 0.25) is 0 Å². The average Bonchev–Trinajstić information content (AvgIpc) is 3.12. The maximum atomic E-state index is 11.5. The SMILES string of the molecule is COc1cc(OC)nc(NC(=O)C2CC2)n1. The molecule has 1 aliphatic rings. The van der Waals surface area contributed by atoms with Gasteiger partial charge in [0.25, 0.3) is 0 Å². The van der Waals surface area contributed by atoms with Gasteiger partial charge in [-0.2, -0.15) is 9.97 Å². The number of aromatic nitrogens is 2. The Hall–Kier alpha value is -1.85. The Labute approximate surface area is 93.0 Å². The molecule has 1 amide bonds. The topological polar surface area (TPSA) is 73.3 Å². The summed E-state index contributed by atoms with van der Waals surface area (Å²) in [5, 5.41) is 2.63. The lowest BCUT2D eigenvalue weighted by molar-refractivity contribution is -0.117. The van der Waals surface area contributed by atoms with Crippen LogP contribution in [0.5, 0.6) is 11.8 Å². The van der Waals surface area contributed by atoms with Gasteiger partial charge in [-0.1, -0.05) is 0 Å². The number of carbonyl (C=O) groups is 1. The smallest absolute Gasteiger partial charge is 0.236 e. The van der Waals surface area contributed by atoms with Crippen LogP contribution in [0.1, 0.15) is 12.8 Å². The van der Waals surface area contributed by atoms with Crippen molar-refractivity contribution in [3.8, 4) is 11.8 Å². The molecule has 0 atom stereocenters. The largest absolute Gasteiger partial charge is 0.481 e. The average molecular weight is 223 g/mol. The van der Waals surface area contributed by atoms with Gasteiger partial charge in [0, 0.05) is 5.92 Å². The van der Waals surface area contributed by atoms with E-state index in [9.17, 15) is 4.79 Å². The molecule has 16 heavy (non-hydrogen) atoms. The Balaban J connectivity index is 2.14. The number of rotatable bonds is 4. The second-order valence-corrected chi connectivity index (χ2v) is 3.54. The molecule has 0 aliphatic heterocycles. The molecule has 2 rings (SSSR count). The van der Waals surface area contributed by atoms with Crippen molar-refractivity contribution in [3.05, 3.63) is 6.07 Å². The molecular formula is C10H13N3O3. The molecular weight excluding hydrogens is 210 g/mol. The van der Waals surface area contributed by atoms with Crippen LogP contribution in [0.3, 0.4) is 0 Å². The van der Waals surface area contributed by atoms with E-state index in [4.69, 9.17) is 9.47 Å². The standard InChI is InChI=1S/C10H13N3O3/c1-15-7-5-8(16-2)12-10(11-7)13-9(14)6-3-4-6/h5-6H,3-4H2,1-2H3,(H,11,12,13,14). The molecule has 6 heteroatoms. The molecule has 1 fully saturated rings. The van der Waals surface area contributed by atoms with Crippen molar-refractivity contribution in [2.45, 2.75) is 12.8 Å². The van der Waals surface area contributed by atoms with Crippen LogP contribution in [-0.4, -0.2) is 30.1 Å². The number of anilines is 1. The summed E-state index contributed by atoms with van der Waals surface area (Å²) in [5.41, 5.74) is 0. The van der Waals surface area contributed by atoms with Crippen LogP contribution >= 0.6 is 0 Å². The Morgan fingerprint density at radius 2 is 1.88 bits per heavy atom. The summed E-state index contributed by atoms with van der Waals surface area (Å²) < 4.78 is 9.95. The number of ether oxygens (including phenoxy) is 2. The summed E-state index contributed by atoms with van der Waals surface area (Å²) in [4.78, 5) is 19.5. The number of nitrogens with one attached hydrogen (secondary N) is 1. The fourth-order valence-electron chi connectivity index (χ4n) is 1.23. The second kappa shape index (κ2) is 4.34. The van der Waals surface area contributed by atoms with Crippen molar-refractivity contribution in [1.82, 2.24) is 9.97 Å². The summed E-state index contributed by atoms with van der Waals surface area (Å²) in [5.74, 6) is 1.00. The van der Waals surface area contributed by atoms with Crippen LogP contribution in [0.25, 0.3) is 0 Å². The third kappa shape index (κ3) is 2.39. The van der Waals surface area contributed by atoms with Gasteiger partial charge in [-0.25, -0.2) is 0 Å². The predicted molar refractivity (Wildman–Crippen MR) is 56.5 cm³/mol. The quantitative estimate of drug-likeness (QED) is 0.818. The van der Waals surface area contributed by atoms with Gasteiger partial charge in [-0.3, -0.25) is 10.1 Å². The van der Waals surface area contributed by atoms with Crippen molar-refractivity contribution in [3.63, 3.8) is 0 Å². The molecule has 0 spiro atoms. The van der Waals surface area contributed by atoms with E-state index in [1.807, 2.05) is 0 Å². The monoisotopic (exact) mass is 223 g/mol. The van der Waals surface area contributed by atoms with Gasteiger partial charge in [-0.15, -0.1) is 0 Å². The normalized spacial score (nSPS) is 14.4. The van der Waals surface area contributed by atoms with Crippen molar-refractivity contribution in [2.75, 3.05) is 19.5 Å². The first-order valence-electron chi connectivity index (χ1n) is 5.01. The highest BCUT2D eigenvalue weighted by molar-refractivity contribution is 5.92. The molecule has 1 saturated carbocycles. The number of amides is 1. The lowest BCUT2D eigenvalue weighted by Gasteiger charge is -2.06. The first-order chi connectivity index (χ1) is 7.72. The van der Waals surface area contributed by atoms with Crippen LogP contribution in [0.15, 0.2) is 6.07 Å². The van der Waals surface area contributed by atoms with E-state index in [2.05, 4.69) is 15.3 Å². The number of hydrogen-bond donors (Lipinski definition) is 1. The molecule has 1 heterocycles. The summed E-state index contributed by atoms with van der Waals surface area (Å²) in [6, 6.07) is 1.55. The third-order valence-corrected chi connectivity index (χ3v) is 2.28. The first kappa shape index (κ1) is 10.7. The van der Waals surface area contributed by atoms with E-state index in [-0.39, 0.29) is 17.8 Å². The van der Waals surface area contributed by atoms with Crippen LogP contribution in [-0.2, 0) is 4.79 Å². The fourth-order valence-corrected chi connectivity index (χ4v) is 1.23. The number of nitrogens with zero attached hydrogens (tertiary/aromatic N) is 2. The molecule has 1 aromatic rings. The minimum atomic E-state index is -0.0460. The Kier molecular flexibility index (Phi) is 2.89. The minimum Gasteiger partial charge on any atom is -0.481 e. The van der Waals surface area contributed by atoms with Crippen molar-refractivity contribution in [2.24, 2.45) is 5.92 Å². The van der Waals surface area contributed by atoms with Crippen LogP contribution < -0.4 is 14.8 Å². The minimum absolute atomic E-state index is 0.0460. The highest BCUT2D eigenvalue weighted by atomic mass is 16.5. The third-order valence-electron chi connectivity index (χ3n) is 2.28. The second-order valence-electron chi connectivity index (χ2n) is 3.54. The van der Waals surface area contributed by atoms with Gasteiger partial charge in [-0.05, 0) is 12.8 Å². The summed E-state index contributed by atoms with van der Waals surface area (Å²) in [6.07, 6.45) is 1.87. The van der Waals surface area contributed by atoms with E-state index in [0.717, 1.165) is 12.8 Å². The first-order valence-corrected chi connectivity index (χ1v) is 5.01. The van der Waals surface area contributed by atoms with Gasteiger partial charge in [0.05, 0.1) is 20.3 Å². The lowest BCUT2D eigenvalue weighted by Crippen LogP contribution is -2.16. The molecule has 1 aromatic heterocycles. The summed E-state index contributed by atoms with van der Waals surface area (Å²) >= 11 is 0. The van der Waals surface area contributed by atoms with Crippen molar-refractivity contribution >= 4 is 11.9 Å². The highest BCUT2D eigenvalue weighted by Gasteiger charge is 2.30. The zero-order valence-corrected chi connectivity index (χ0v) is 9.19. The molecule has 6 nitrogen and oxygen atoms in total. The van der Waals surface area contributed by atoms with Crippen molar-refractivity contribution < 1.29 is 14.3 Å². The molecule has 0 radical (unpaired) electrons. The predicted octanol–water partition coefficient (Wildman–Crippen LogP) is 0.842. The van der Waals surface area contributed by atoms with Gasteiger partial charge >= 0.3 is 0 Å². The molecule has 0 saturated heterocycles. The van der Waals surface area contributed by atoms with E-state index in [1.54, 1.807) is 6.07 Å². The van der Waals surface area contributed by atoms with E-state index >= 15 is 0 Å². The Bertz CT molecular complexity index is 382. The van der Waals surface area contributed by atoms with Gasteiger partial charge in [0.2, 0.25) is 23.6 Å². The summed E-state index contributed by atoms with van der Waals surface area (Å²) in [7, 11) is 2.99. The number of methoxy groups -OCH3 is 2. The Morgan fingerprint density at radius 3 is 2.31 bits per heavy atom. The molecule has 0 bridgehead atoms. The number of hydrogen-bond acceptors (Lipinski definition) is 5. The van der Waals surface area contributed by atoms with Gasteiger partial charge in [0.1, 0.15) is 0 Å². The van der Waals surface area contributed by atoms with Gasteiger partial charge in [0.15, 0.2) is 0 Å². The van der Waals surface area contributed by atoms with Crippen molar-refractivity contribution in [1.29, 1.82) is 0 Å². The fraction of sp³-hybridized carbons (Fsp3) is 0.500. The van der Waals surface area contributed by atoms with Gasteiger partial charge < -0.3 is 9.47 Å². The maximum Gasteiger partial charge on any atom is 0.236 e. The zero-order chi connectivity index (χ0) is 11.5. The summed E-state index contributed by atoms with van der Waals surface area (Å²) in [6.45, 7) is 0. The Morgan fingerprint density at radius 1 is 1.31 bits per heavy atom. The van der Waals surface area contributed by atoms with E-state index < -0.39 is 0 Å². The molecule has 0 unspecified atom stereocenters. The van der Waals surface area contributed by atoms with Crippen LogP contribution in [0, 0.1) is 5.92 Å². The van der Waals surface area contributed by atoms with E-state index in [0.29, 0.717) is 11.8 Å². The highest BCUT2D eigenvalue weighted by Crippen LogP contribution is 2.30. The zero-order valence-electron chi connectivity index (χ0n) is 9.19. The maximum absolute atomic E-state index is 11.5. The molecule has 1 aliphatic carbocycles. The molecule has 86 valence electrons. The van der Waals surface area contributed by atoms with E-state index in [1.165, 1.54) is 14.2 Å².